The first-order chi connectivity index (χ1) is 13.6. The summed E-state index contributed by atoms with van der Waals surface area (Å²) in [5.41, 5.74) is 3.34. The van der Waals surface area contributed by atoms with E-state index in [4.69, 9.17) is 23.9 Å². The van der Waals surface area contributed by atoms with Crippen molar-refractivity contribution >= 4 is 6.29 Å². The SMILES string of the molecule is COc1ccc(-c2ccc(C=O)c(-c3ccc(OC)c(OC)c3)n2)cc1OC. The van der Waals surface area contributed by atoms with Crippen LogP contribution in [0.2, 0.25) is 0 Å². The second kappa shape index (κ2) is 8.43. The fraction of sp³-hybridized carbons (Fsp3) is 0.182. The number of hydrogen-bond donors (Lipinski definition) is 0. The average molecular weight is 379 g/mol. The lowest BCUT2D eigenvalue weighted by atomic mass is 10.0. The van der Waals surface area contributed by atoms with Gasteiger partial charge in [0, 0.05) is 16.7 Å². The molecule has 0 bridgehead atoms. The first-order valence-corrected chi connectivity index (χ1v) is 8.56. The summed E-state index contributed by atoms with van der Waals surface area (Å²) in [5.74, 6) is 2.41. The third-order valence-electron chi connectivity index (χ3n) is 4.39. The van der Waals surface area contributed by atoms with Crippen molar-refractivity contribution < 1.29 is 23.7 Å². The van der Waals surface area contributed by atoms with Gasteiger partial charge in [-0.2, -0.15) is 0 Å². The molecule has 0 fully saturated rings. The van der Waals surface area contributed by atoms with Gasteiger partial charge in [-0.25, -0.2) is 4.98 Å². The summed E-state index contributed by atoms with van der Waals surface area (Å²) in [5, 5.41) is 0. The number of benzene rings is 2. The summed E-state index contributed by atoms with van der Waals surface area (Å²) in [6.45, 7) is 0. The molecular formula is C22H21NO5. The quantitative estimate of drug-likeness (QED) is 0.572. The Bertz CT molecular complexity index is 1000. The largest absolute Gasteiger partial charge is 0.493 e. The van der Waals surface area contributed by atoms with Crippen LogP contribution in [0.3, 0.4) is 0 Å². The van der Waals surface area contributed by atoms with Gasteiger partial charge < -0.3 is 18.9 Å². The molecule has 1 heterocycles. The molecule has 0 aliphatic carbocycles. The van der Waals surface area contributed by atoms with Gasteiger partial charge in [-0.3, -0.25) is 4.79 Å². The van der Waals surface area contributed by atoms with Gasteiger partial charge in [-0.1, -0.05) is 0 Å². The van der Waals surface area contributed by atoms with Crippen LogP contribution in [0.15, 0.2) is 48.5 Å². The molecule has 28 heavy (non-hydrogen) atoms. The Kier molecular flexibility index (Phi) is 5.79. The zero-order valence-corrected chi connectivity index (χ0v) is 16.2. The van der Waals surface area contributed by atoms with Crippen LogP contribution in [0.5, 0.6) is 23.0 Å². The second-order valence-electron chi connectivity index (χ2n) is 5.89. The van der Waals surface area contributed by atoms with E-state index < -0.39 is 0 Å². The zero-order valence-electron chi connectivity index (χ0n) is 16.2. The van der Waals surface area contributed by atoms with Crippen LogP contribution in [-0.4, -0.2) is 39.7 Å². The minimum atomic E-state index is 0.483. The Morgan fingerprint density at radius 1 is 0.679 bits per heavy atom. The lowest BCUT2D eigenvalue weighted by Gasteiger charge is -2.13. The third-order valence-corrected chi connectivity index (χ3v) is 4.39. The summed E-state index contributed by atoms with van der Waals surface area (Å²) >= 11 is 0. The molecule has 0 spiro atoms. The standard InChI is InChI=1S/C22H21NO5/c1-25-18-9-6-14(11-20(18)27-3)17-8-5-16(13-24)22(23-17)15-7-10-19(26-2)21(12-15)28-4/h5-13H,1-4H3. The Morgan fingerprint density at radius 3 is 1.75 bits per heavy atom. The van der Waals surface area contributed by atoms with Gasteiger partial charge in [0.25, 0.3) is 0 Å². The van der Waals surface area contributed by atoms with Gasteiger partial charge in [0.15, 0.2) is 29.3 Å². The lowest BCUT2D eigenvalue weighted by molar-refractivity contribution is 0.112. The molecule has 6 heteroatoms. The molecule has 6 nitrogen and oxygen atoms in total. The van der Waals surface area contributed by atoms with Crippen molar-refractivity contribution in [1.82, 2.24) is 4.98 Å². The molecule has 0 saturated heterocycles. The number of aromatic nitrogens is 1. The molecule has 3 aromatic rings. The maximum Gasteiger partial charge on any atom is 0.161 e. The first-order valence-electron chi connectivity index (χ1n) is 8.56. The summed E-state index contributed by atoms with van der Waals surface area (Å²) < 4.78 is 21.3. The van der Waals surface area contributed by atoms with Crippen LogP contribution >= 0.6 is 0 Å². The van der Waals surface area contributed by atoms with E-state index in [1.807, 2.05) is 24.3 Å². The van der Waals surface area contributed by atoms with E-state index in [0.717, 1.165) is 17.4 Å². The van der Waals surface area contributed by atoms with Crippen molar-refractivity contribution in [2.24, 2.45) is 0 Å². The monoisotopic (exact) mass is 379 g/mol. The second-order valence-corrected chi connectivity index (χ2v) is 5.89. The van der Waals surface area contributed by atoms with Gasteiger partial charge in [-0.15, -0.1) is 0 Å². The maximum atomic E-state index is 11.6. The van der Waals surface area contributed by atoms with Crippen LogP contribution in [0.25, 0.3) is 22.5 Å². The number of carbonyl (C=O) groups is 1. The molecule has 0 unspecified atom stereocenters. The highest BCUT2D eigenvalue weighted by Crippen LogP contribution is 2.35. The van der Waals surface area contributed by atoms with Crippen molar-refractivity contribution in [3.63, 3.8) is 0 Å². The van der Waals surface area contributed by atoms with E-state index in [0.29, 0.717) is 39.9 Å². The molecule has 0 N–H and O–H groups in total. The predicted octanol–water partition coefficient (Wildman–Crippen LogP) is 4.26. The highest BCUT2D eigenvalue weighted by Gasteiger charge is 2.14. The molecule has 0 amide bonds. The first kappa shape index (κ1) is 19.2. The minimum absolute atomic E-state index is 0.483. The van der Waals surface area contributed by atoms with Gasteiger partial charge in [0.2, 0.25) is 0 Å². The van der Waals surface area contributed by atoms with Gasteiger partial charge in [0.05, 0.1) is 39.8 Å². The van der Waals surface area contributed by atoms with Crippen molar-refractivity contribution in [1.29, 1.82) is 0 Å². The number of methoxy groups -OCH3 is 4. The van der Waals surface area contributed by atoms with Gasteiger partial charge in [-0.05, 0) is 48.5 Å². The van der Waals surface area contributed by atoms with Crippen LogP contribution < -0.4 is 18.9 Å². The number of pyridine rings is 1. The third kappa shape index (κ3) is 3.62. The molecule has 1 aromatic heterocycles. The zero-order chi connectivity index (χ0) is 20.1. The molecule has 3 rings (SSSR count). The normalized spacial score (nSPS) is 10.3. The Hall–Kier alpha value is -3.54. The fourth-order valence-electron chi connectivity index (χ4n) is 2.94. The highest BCUT2D eigenvalue weighted by molar-refractivity contribution is 5.87. The summed E-state index contributed by atoms with van der Waals surface area (Å²) in [6.07, 6.45) is 0.789. The summed E-state index contributed by atoms with van der Waals surface area (Å²) in [6, 6.07) is 14.5. The topological polar surface area (TPSA) is 66.9 Å². The molecule has 0 saturated carbocycles. The predicted molar refractivity (Wildman–Crippen MR) is 107 cm³/mol. The number of rotatable bonds is 7. The number of carbonyl (C=O) groups excluding carboxylic acids is 1. The lowest BCUT2D eigenvalue weighted by Crippen LogP contribution is -1.97. The number of ether oxygens (including phenoxy) is 4. The van der Waals surface area contributed by atoms with E-state index in [1.54, 1.807) is 52.7 Å². The Morgan fingerprint density at radius 2 is 1.21 bits per heavy atom. The van der Waals surface area contributed by atoms with Gasteiger partial charge >= 0.3 is 0 Å². The van der Waals surface area contributed by atoms with E-state index in [2.05, 4.69) is 0 Å². The smallest absolute Gasteiger partial charge is 0.161 e. The van der Waals surface area contributed by atoms with Crippen molar-refractivity contribution in [3.05, 3.63) is 54.1 Å². The molecule has 144 valence electrons. The van der Waals surface area contributed by atoms with Crippen molar-refractivity contribution in [2.45, 2.75) is 0 Å². The minimum Gasteiger partial charge on any atom is -0.493 e. The fourth-order valence-corrected chi connectivity index (χ4v) is 2.94. The Balaban J connectivity index is 2.12. The van der Waals surface area contributed by atoms with E-state index >= 15 is 0 Å². The summed E-state index contributed by atoms with van der Waals surface area (Å²) in [7, 11) is 6.31. The molecule has 0 radical (unpaired) electrons. The summed E-state index contributed by atoms with van der Waals surface area (Å²) in [4.78, 5) is 16.3. The number of hydrogen-bond acceptors (Lipinski definition) is 6. The van der Waals surface area contributed by atoms with E-state index in [-0.39, 0.29) is 0 Å². The Labute approximate surface area is 163 Å². The van der Waals surface area contributed by atoms with Gasteiger partial charge in [0.1, 0.15) is 0 Å². The molecule has 0 atom stereocenters. The van der Waals surface area contributed by atoms with Crippen LogP contribution in [0.4, 0.5) is 0 Å². The number of aldehydes is 1. The molecule has 2 aromatic carbocycles. The average Bonchev–Trinajstić information content (AvgIpc) is 2.77. The van der Waals surface area contributed by atoms with Crippen LogP contribution in [0, 0.1) is 0 Å². The molecular weight excluding hydrogens is 358 g/mol. The molecule has 0 aliphatic heterocycles. The van der Waals surface area contributed by atoms with E-state index in [1.165, 1.54) is 0 Å². The van der Waals surface area contributed by atoms with Crippen LogP contribution in [-0.2, 0) is 0 Å². The number of nitrogens with zero attached hydrogens (tertiary/aromatic N) is 1. The van der Waals surface area contributed by atoms with Crippen molar-refractivity contribution in [3.8, 4) is 45.5 Å². The van der Waals surface area contributed by atoms with E-state index in [9.17, 15) is 4.79 Å². The maximum absolute atomic E-state index is 11.6. The van der Waals surface area contributed by atoms with Crippen LogP contribution in [0.1, 0.15) is 10.4 Å². The molecule has 0 aliphatic rings. The van der Waals surface area contributed by atoms with Crippen molar-refractivity contribution in [2.75, 3.05) is 28.4 Å². The highest BCUT2D eigenvalue weighted by atomic mass is 16.5.